The molecular formula is C18H23Cl2N3O. The molecule has 0 atom stereocenters. The normalized spacial score (nSPS) is 14.5. The molecule has 1 fully saturated rings. The number of halogens is 2. The quantitative estimate of drug-likeness (QED) is 0.903. The molecule has 1 aromatic heterocycles. The number of piperidine rings is 1. The van der Waals surface area contributed by atoms with Crippen molar-refractivity contribution in [2.75, 3.05) is 20.1 Å². The van der Waals surface area contributed by atoms with Crippen LogP contribution in [0.25, 0.3) is 11.1 Å². The Labute approximate surface area is 155 Å². The Kier molecular flexibility index (Phi) is 8.19. The van der Waals surface area contributed by atoms with Crippen LogP contribution in [-0.4, -0.2) is 42.0 Å². The van der Waals surface area contributed by atoms with E-state index in [4.69, 9.17) is 0 Å². The van der Waals surface area contributed by atoms with Crippen LogP contribution in [0.1, 0.15) is 23.2 Å². The first-order chi connectivity index (χ1) is 10.8. The van der Waals surface area contributed by atoms with Crippen LogP contribution in [0.3, 0.4) is 0 Å². The average Bonchev–Trinajstić information content (AvgIpc) is 2.62. The number of rotatable bonds is 3. The molecule has 130 valence electrons. The van der Waals surface area contributed by atoms with Gasteiger partial charge in [-0.1, -0.05) is 30.3 Å². The highest BCUT2D eigenvalue weighted by molar-refractivity contribution is 5.95. The van der Waals surface area contributed by atoms with Crippen molar-refractivity contribution >= 4 is 30.7 Å². The fraction of sp³-hybridized carbons (Fsp3) is 0.333. The van der Waals surface area contributed by atoms with Gasteiger partial charge in [-0.05, 0) is 31.5 Å². The van der Waals surface area contributed by atoms with Gasteiger partial charge < -0.3 is 10.2 Å². The highest BCUT2D eigenvalue weighted by Gasteiger charge is 2.23. The molecule has 0 bridgehead atoms. The highest BCUT2D eigenvalue weighted by atomic mass is 35.5. The van der Waals surface area contributed by atoms with E-state index in [2.05, 4.69) is 10.3 Å². The van der Waals surface area contributed by atoms with Gasteiger partial charge in [0.2, 0.25) is 0 Å². The minimum Gasteiger partial charge on any atom is -0.338 e. The number of hydrogen-bond acceptors (Lipinski definition) is 3. The number of benzene rings is 1. The van der Waals surface area contributed by atoms with E-state index in [1.165, 1.54) is 0 Å². The summed E-state index contributed by atoms with van der Waals surface area (Å²) in [5, 5.41) is 3.28. The van der Waals surface area contributed by atoms with E-state index in [1.807, 2.05) is 48.3 Å². The van der Waals surface area contributed by atoms with E-state index in [0.29, 0.717) is 11.6 Å². The van der Waals surface area contributed by atoms with Crippen LogP contribution in [-0.2, 0) is 0 Å². The lowest BCUT2D eigenvalue weighted by molar-refractivity contribution is 0.0707. The minimum absolute atomic E-state index is 0. The summed E-state index contributed by atoms with van der Waals surface area (Å²) in [7, 11) is 1.98. The zero-order valence-electron chi connectivity index (χ0n) is 13.6. The Balaban J connectivity index is 0.00000144. The molecule has 0 radical (unpaired) electrons. The highest BCUT2D eigenvalue weighted by Crippen LogP contribution is 2.20. The number of carbonyl (C=O) groups excluding carboxylic acids is 1. The second kappa shape index (κ2) is 9.62. The smallest absolute Gasteiger partial charge is 0.255 e. The van der Waals surface area contributed by atoms with Crippen molar-refractivity contribution < 1.29 is 4.79 Å². The first kappa shape index (κ1) is 20.4. The molecule has 3 rings (SSSR count). The van der Waals surface area contributed by atoms with E-state index < -0.39 is 0 Å². The Morgan fingerprint density at radius 2 is 1.75 bits per heavy atom. The van der Waals surface area contributed by atoms with Gasteiger partial charge in [0.05, 0.1) is 5.56 Å². The molecule has 0 saturated carbocycles. The molecule has 1 saturated heterocycles. The fourth-order valence-corrected chi connectivity index (χ4v) is 2.90. The summed E-state index contributed by atoms with van der Waals surface area (Å²) in [6.07, 6.45) is 5.49. The lowest BCUT2D eigenvalue weighted by atomic mass is 10.0. The molecule has 1 aliphatic rings. The SMILES string of the molecule is CNC1CCN(C(=O)c2cncc(-c3ccccc3)c2)CC1.Cl.Cl. The molecule has 4 nitrogen and oxygen atoms in total. The van der Waals surface area contributed by atoms with Gasteiger partial charge in [-0.3, -0.25) is 9.78 Å². The summed E-state index contributed by atoms with van der Waals surface area (Å²) in [4.78, 5) is 18.8. The molecule has 0 spiro atoms. The van der Waals surface area contributed by atoms with Crippen molar-refractivity contribution in [2.45, 2.75) is 18.9 Å². The molecule has 1 N–H and O–H groups in total. The number of nitrogens with one attached hydrogen (secondary N) is 1. The predicted molar refractivity (Wildman–Crippen MR) is 102 cm³/mol. The minimum atomic E-state index is 0. The maximum atomic E-state index is 12.6. The second-order valence-electron chi connectivity index (χ2n) is 5.68. The second-order valence-corrected chi connectivity index (χ2v) is 5.68. The van der Waals surface area contributed by atoms with Crippen molar-refractivity contribution in [3.05, 3.63) is 54.4 Å². The number of likely N-dealkylation sites (tertiary alicyclic amines) is 1. The van der Waals surface area contributed by atoms with Gasteiger partial charge in [-0.2, -0.15) is 0 Å². The summed E-state index contributed by atoms with van der Waals surface area (Å²) >= 11 is 0. The van der Waals surface area contributed by atoms with Crippen LogP contribution in [0.15, 0.2) is 48.8 Å². The molecule has 24 heavy (non-hydrogen) atoms. The van der Waals surface area contributed by atoms with Crippen LogP contribution in [0.5, 0.6) is 0 Å². The zero-order chi connectivity index (χ0) is 15.4. The van der Waals surface area contributed by atoms with Crippen molar-refractivity contribution in [2.24, 2.45) is 0 Å². The van der Waals surface area contributed by atoms with E-state index in [0.717, 1.165) is 37.1 Å². The number of nitrogens with zero attached hydrogens (tertiary/aromatic N) is 2. The Morgan fingerprint density at radius 3 is 2.38 bits per heavy atom. The third-order valence-corrected chi connectivity index (χ3v) is 4.28. The molecule has 0 unspecified atom stereocenters. The molecular weight excluding hydrogens is 345 g/mol. The van der Waals surface area contributed by atoms with E-state index in [-0.39, 0.29) is 30.7 Å². The predicted octanol–water partition coefficient (Wildman–Crippen LogP) is 3.42. The molecule has 2 heterocycles. The molecule has 0 aliphatic carbocycles. The first-order valence-electron chi connectivity index (χ1n) is 7.75. The van der Waals surface area contributed by atoms with Gasteiger partial charge in [-0.25, -0.2) is 0 Å². The third kappa shape index (κ3) is 4.69. The lowest BCUT2D eigenvalue weighted by Gasteiger charge is -2.31. The topological polar surface area (TPSA) is 45.2 Å². The summed E-state index contributed by atoms with van der Waals surface area (Å²) in [6.45, 7) is 1.61. The number of hydrogen-bond donors (Lipinski definition) is 1. The van der Waals surface area contributed by atoms with Gasteiger partial charge in [0.15, 0.2) is 0 Å². The standard InChI is InChI=1S/C18H21N3O.2ClH/c1-19-17-7-9-21(10-8-17)18(22)16-11-15(12-20-13-16)14-5-3-2-4-6-14;;/h2-6,11-13,17,19H,7-10H2,1H3;2*1H. The molecule has 1 amide bonds. The van der Waals surface area contributed by atoms with Gasteiger partial charge in [0.1, 0.15) is 0 Å². The molecule has 1 aliphatic heterocycles. The van der Waals surface area contributed by atoms with Crippen LogP contribution < -0.4 is 5.32 Å². The summed E-state index contributed by atoms with van der Waals surface area (Å²) in [5.74, 6) is 0.0832. The number of amides is 1. The van der Waals surface area contributed by atoms with Crippen molar-refractivity contribution in [3.8, 4) is 11.1 Å². The lowest BCUT2D eigenvalue weighted by Crippen LogP contribution is -2.43. The fourth-order valence-electron chi connectivity index (χ4n) is 2.90. The average molecular weight is 368 g/mol. The third-order valence-electron chi connectivity index (χ3n) is 4.28. The Bertz CT molecular complexity index is 644. The van der Waals surface area contributed by atoms with Crippen molar-refractivity contribution in [1.29, 1.82) is 0 Å². The number of pyridine rings is 1. The van der Waals surface area contributed by atoms with Crippen LogP contribution in [0, 0.1) is 0 Å². The van der Waals surface area contributed by atoms with Crippen LogP contribution in [0.2, 0.25) is 0 Å². The first-order valence-corrected chi connectivity index (χ1v) is 7.75. The number of carbonyl (C=O) groups is 1. The molecule has 6 heteroatoms. The van der Waals surface area contributed by atoms with E-state index in [9.17, 15) is 4.79 Å². The van der Waals surface area contributed by atoms with Gasteiger partial charge in [0, 0.05) is 37.1 Å². The maximum absolute atomic E-state index is 12.6. The van der Waals surface area contributed by atoms with E-state index in [1.54, 1.807) is 12.4 Å². The molecule has 1 aromatic carbocycles. The summed E-state index contributed by atoms with van der Waals surface area (Å²) in [6, 6.07) is 12.5. The zero-order valence-corrected chi connectivity index (χ0v) is 15.3. The Morgan fingerprint density at radius 1 is 1.08 bits per heavy atom. The monoisotopic (exact) mass is 367 g/mol. The maximum Gasteiger partial charge on any atom is 0.255 e. The van der Waals surface area contributed by atoms with E-state index >= 15 is 0 Å². The van der Waals surface area contributed by atoms with Crippen molar-refractivity contribution in [1.82, 2.24) is 15.2 Å². The number of aromatic nitrogens is 1. The summed E-state index contributed by atoms with van der Waals surface area (Å²) < 4.78 is 0. The van der Waals surface area contributed by atoms with Crippen LogP contribution in [0.4, 0.5) is 0 Å². The summed E-state index contributed by atoms with van der Waals surface area (Å²) in [5.41, 5.74) is 2.74. The van der Waals surface area contributed by atoms with Crippen molar-refractivity contribution in [3.63, 3.8) is 0 Å². The molecule has 2 aromatic rings. The van der Waals surface area contributed by atoms with Gasteiger partial charge >= 0.3 is 0 Å². The Hall–Kier alpha value is -1.62. The van der Waals surface area contributed by atoms with Gasteiger partial charge in [-0.15, -0.1) is 24.8 Å². The van der Waals surface area contributed by atoms with Crippen LogP contribution >= 0.6 is 24.8 Å². The largest absolute Gasteiger partial charge is 0.338 e. The van der Waals surface area contributed by atoms with Gasteiger partial charge in [0.25, 0.3) is 5.91 Å².